The number of hydrogen-bond acceptors (Lipinski definition) is 6. The fourth-order valence-corrected chi connectivity index (χ4v) is 3.43. The number of anilines is 1. The van der Waals surface area contributed by atoms with Crippen molar-refractivity contribution in [3.05, 3.63) is 28.7 Å². The van der Waals surface area contributed by atoms with Gasteiger partial charge in [0.15, 0.2) is 0 Å². The molecule has 0 saturated carbocycles. The number of rotatable bonds is 6. The average molecular weight is 412 g/mol. The van der Waals surface area contributed by atoms with Gasteiger partial charge >= 0.3 is 0 Å². The zero-order chi connectivity index (χ0) is 16.9. The zero-order valence-corrected chi connectivity index (χ0v) is 15.6. The van der Waals surface area contributed by atoms with E-state index in [9.17, 15) is 4.79 Å². The first-order chi connectivity index (χ1) is 11.6. The molecule has 24 heavy (non-hydrogen) atoms. The van der Waals surface area contributed by atoms with E-state index >= 15 is 0 Å². The molecule has 0 bridgehead atoms. The monoisotopic (exact) mass is 411 g/mol. The number of hydrogen-bond donors (Lipinski definition) is 1. The van der Waals surface area contributed by atoms with Gasteiger partial charge < -0.3 is 10.1 Å². The highest BCUT2D eigenvalue weighted by Gasteiger charge is 2.22. The summed E-state index contributed by atoms with van der Waals surface area (Å²) in [5, 5.41) is 14.9. The molecule has 3 rings (SSSR count). The number of benzene rings is 1. The van der Waals surface area contributed by atoms with Gasteiger partial charge in [0, 0.05) is 16.8 Å². The summed E-state index contributed by atoms with van der Waals surface area (Å²) < 4.78 is 8.29. The van der Waals surface area contributed by atoms with Crippen LogP contribution < -0.4 is 5.32 Å². The number of carbonyl (C=O) groups excluding carboxylic acids is 1. The van der Waals surface area contributed by atoms with Crippen LogP contribution in [0.3, 0.4) is 0 Å². The molecule has 0 radical (unpaired) electrons. The van der Waals surface area contributed by atoms with Crippen molar-refractivity contribution >= 4 is 39.3 Å². The third kappa shape index (κ3) is 4.55. The van der Waals surface area contributed by atoms with Crippen LogP contribution in [0.1, 0.15) is 19.8 Å². The fraction of sp³-hybridized carbons (Fsp3) is 0.467. The lowest BCUT2D eigenvalue weighted by molar-refractivity contribution is -0.115. The summed E-state index contributed by atoms with van der Waals surface area (Å²) in [7, 11) is 0. The summed E-state index contributed by atoms with van der Waals surface area (Å²) >= 11 is 4.71. The second-order valence-corrected chi connectivity index (χ2v) is 7.76. The number of ether oxygens (including phenoxy) is 1. The zero-order valence-electron chi connectivity index (χ0n) is 13.2. The van der Waals surface area contributed by atoms with Gasteiger partial charge in [0.1, 0.15) is 0 Å². The van der Waals surface area contributed by atoms with Gasteiger partial charge in [0.05, 0.1) is 17.9 Å². The summed E-state index contributed by atoms with van der Waals surface area (Å²) in [6, 6.07) is 7.47. The molecule has 2 unspecified atom stereocenters. The van der Waals surface area contributed by atoms with Crippen LogP contribution in [0.4, 0.5) is 5.69 Å². The van der Waals surface area contributed by atoms with E-state index in [-0.39, 0.29) is 17.3 Å². The first-order valence-corrected chi connectivity index (χ1v) is 9.40. The van der Waals surface area contributed by atoms with Crippen molar-refractivity contribution in [1.82, 2.24) is 20.2 Å². The Morgan fingerprint density at radius 3 is 3.00 bits per heavy atom. The third-order valence-corrected chi connectivity index (χ3v) is 5.26. The quantitative estimate of drug-likeness (QED) is 0.735. The Hall–Kier alpha value is -1.45. The highest BCUT2D eigenvalue weighted by Crippen LogP contribution is 2.23. The Morgan fingerprint density at radius 2 is 2.29 bits per heavy atom. The van der Waals surface area contributed by atoms with Gasteiger partial charge in [-0.15, -0.1) is 5.10 Å². The number of aromatic nitrogens is 4. The molecule has 2 atom stereocenters. The number of carbonyl (C=O) groups is 1. The molecule has 2 aromatic rings. The molecule has 7 nitrogen and oxygen atoms in total. The number of amides is 1. The topological polar surface area (TPSA) is 81.9 Å². The first-order valence-electron chi connectivity index (χ1n) is 7.72. The fourth-order valence-electron chi connectivity index (χ4n) is 2.37. The SMILES string of the molecule is CC(Sc1nnnn1CC1CCCO1)C(=O)Nc1ccc(Br)cc1. The van der Waals surface area contributed by atoms with Crippen LogP contribution >= 0.6 is 27.7 Å². The smallest absolute Gasteiger partial charge is 0.237 e. The minimum Gasteiger partial charge on any atom is -0.376 e. The lowest BCUT2D eigenvalue weighted by atomic mass is 10.2. The van der Waals surface area contributed by atoms with Gasteiger partial charge in [-0.1, -0.05) is 27.7 Å². The van der Waals surface area contributed by atoms with E-state index < -0.39 is 0 Å². The Labute approximate surface area is 152 Å². The van der Waals surface area contributed by atoms with Gasteiger partial charge in [-0.3, -0.25) is 4.79 Å². The van der Waals surface area contributed by atoms with E-state index in [0.29, 0.717) is 11.7 Å². The summed E-state index contributed by atoms with van der Waals surface area (Å²) in [5.74, 6) is -0.0889. The number of nitrogens with one attached hydrogen (secondary N) is 1. The van der Waals surface area contributed by atoms with E-state index in [1.54, 1.807) is 4.68 Å². The van der Waals surface area contributed by atoms with Gasteiger partial charge in [-0.05, 0) is 54.5 Å². The predicted octanol–water partition coefficient (Wildman–Crippen LogP) is 2.73. The second-order valence-electron chi connectivity index (χ2n) is 5.53. The predicted molar refractivity (Wildman–Crippen MR) is 94.9 cm³/mol. The third-order valence-electron chi connectivity index (χ3n) is 3.66. The normalized spacial score (nSPS) is 18.5. The van der Waals surface area contributed by atoms with E-state index in [0.717, 1.165) is 29.6 Å². The standard InChI is InChI=1S/C15H18BrN5O2S/c1-10(14(22)17-12-6-4-11(16)5-7-12)24-15-18-19-20-21(15)9-13-3-2-8-23-13/h4-7,10,13H,2-3,8-9H2,1H3,(H,17,22). The number of tetrazole rings is 1. The largest absolute Gasteiger partial charge is 0.376 e. The maximum atomic E-state index is 12.3. The lowest BCUT2D eigenvalue weighted by Crippen LogP contribution is -2.23. The molecule has 1 aromatic heterocycles. The van der Waals surface area contributed by atoms with Crippen molar-refractivity contribution in [2.75, 3.05) is 11.9 Å². The molecule has 1 aromatic carbocycles. The Balaban J connectivity index is 1.57. The molecule has 1 aliphatic rings. The van der Waals surface area contributed by atoms with E-state index in [1.165, 1.54) is 11.8 Å². The maximum Gasteiger partial charge on any atom is 0.237 e. The molecule has 1 saturated heterocycles. The van der Waals surface area contributed by atoms with Crippen LogP contribution in [0.15, 0.2) is 33.9 Å². The molecule has 0 spiro atoms. The van der Waals surface area contributed by atoms with Crippen LogP contribution in [0.5, 0.6) is 0 Å². The first kappa shape index (κ1) is 17.4. The van der Waals surface area contributed by atoms with Gasteiger partial charge in [-0.2, -0.15) is 0 Å². The van der Waals surface area contributed by atoms with Crippen LogP contribution in [0.25, 0.3) is 0 Å². The Morgan fingerprint density at radius 1 is 1.50 bits per heavy atom. The lowest BCUT2D eigenvalue weighted by Gasteiger charge is -2.13. The molecule has 1 amide bonds. The van der Waals surface area contributed by atoms with E-state index in [1.807, 2.05) is 31.2 Å². The minimum absolute atomic E-state index is 0.0889. The van der Waals surface area contributed by atoms with Crippen LogP contribution in [0.2, 0.25) is 0 Å². The van der Waals surface area contributed by atoms with Crippen molar-refractivity contribution in [2.45, 2.75) is 42.8 Å². The van der Waals surface area contributed by atoms with Crippen molar-refractivity contribution < 1.29 is 9.53 Å². The summed E-state index contributed by atoms with van der Waals surface area (Å²) in [5.41, 5.74) is 0.759. The van der Waals surface area contributed by atoms with Crippen LogP contribution in [0, 0.1) is 0 Å². The van der Waals surface area contributed by atoms with Crippen molar-refractivity contribution in [1.29, 1.82) is 0 Å². The van der Waals surface area contributed by atoms with E-state index in [4.69, 9.17) is 4.74 Å². The molecule has 2 heterocycles. The van der Waals surface area contributed by atoms with Crippen molar-refractivity contribution in [3.63, 3.8) is 0 Å². The Kier molecular flexibility index (Phi) is 5.85. The summed E-state index contributed by atoms with van der Waals surface area (Å²) in [6.45, 7) is 3.25. The van der Waals surface area contributed by atoms with Gasteiger partial charge in [0.25, 0.3) is 0 Å². The van der Waals surface area contributed by atoms with Crippen molar-refractivity contribution in [2.24, 2.45) is 0 Å². The molecule has 1 aliphatic heterocycles. The van der Waals surface area contributed by atoms with Gasteiger partial charge in [0.2, 0.25) is 11.1 Å². The highest BCUT2D eigenvalue weighted by atomic mass is 79.9. The van der Waals surface area contributed by atoms with Crippen LogP contribution in [-0.2, 0) is 16.1 Å². The summed E-state index contributed by atoms with van der Waals surface area (Å²) in [4.78, 5) is 12.3. The summed E-state index contributed by atoms with van der Waals surface area (Å²) in [6.07, 6.45) is 2.24. The average Bonchev–Trinajstić information content (AvgIpc) is 3.22. The highest BCUT2D eigenvalue weighted by molar-refractivity contribution is 9.10. The number of halogens is 1. The van der Waals surface area contributed by atoms with Crippen molar-refractivity contribution in [3.8, 4) is 0 Å². The maximum absolute atomic E-state index is 12.3. The second kappa shape index (κ2) is 8.09. The molecular formula is C15H18BrN5O2S. The minimum atomic E-state index is -0.317. The molecule has 0 aliphatic carbocycles. The molecule has 1 fully saturated rings. The molecule has 9 heteroatoms. The van der Waals surface area contributed by atoms with Gasteiger partial charge in [-0.25, -0.2) is 4.68 Å². The molecular weight excluding hydrogens is 394 g/mol. The number of thioether (sulfide) groups is 1. The van der Waals surface area contributed by atoms with E-state index in [2.05, 4.69) is 36.8 Å². The number of nitrogens with zero attached hydrogens (tertiary/aromatic N) is 4. The molecule has 1 N–H and O–H groups in total. The molecule has 128 valence electrons. The van der Waals surface area contributed by atoms with Crippen LogP contribution in [-0.4, -0.2) is 44.1 Å². The Bertz CT molecular complexity index is 687.